The van der Waals surface area contributed by atoms with Gasteiger partial charge in [-0.3, -0.25) is 0 Å². The van der Waals surface area contributed by atoms with Crippen molar-refractivity contribution >= 4 is 11.7 Å². The monoisotopic (exact) mass is 279 g/mol. The maximum atomic E-state index is 13.0. The van der Waals surface area contributed by atoms with E-state index in [-0.39, 0.29) is 24.4 Å². The average Bonchev–Trinajstić information content (AvgIpc) is 2.45. The van der Waals surface area contributed by atoms with E-state index in [1.807, 2.05) is 13.0 Å². The van der Waals surface area contributed by atoms with Gasteiger partial charge in [-0.15, -0.1) is 0 Å². The first-order valence-electron chi connectivity index (χ1n) is 6.48. The number of nitrogens with one attached hydrogen (secondary N) is 1. The molecule has 108 valence electrons. The minimum Gasteiger partial charge on any atom is -0.395 e. The summed E-state index contributed by atoms with van der Waals surface area (Å²) in [4.78, 5) is 13.5. The van der Waals surface area contributed by atoms with Gasteiger partial charge in [-0.2, -0.15) is 5.26 Å². The fourth-order valence-corrected chi connectivity index (χ4v) is 1.70. The number of halogens is 1. The summed E-state index contributed by atoms with van der Waals surface area (Å²) in [5.41, 5.74) is 0.330. The summed E-state index contributed by atoms with van der Waals surface area (Å²) in [6.45, 7) is 2.61. The fourth-order valence-electron chi connectivity index (χ4n) is 1.70. The van der Waals surface area contributed by atoms with Crippen LogP contribution in [0.4, 0.5) is 14.9 Å². The van der Waals surface area contributed by atoms with Crippen LogP contribution in [0.5, 0.6) is 0 Å². The van der Waals surface area contributed by atoms with Crippen LogP contribution >= 0.6 is 0 Å². The molecule has 1 rings (SSSR count). The summed E-state index contributed by atoms with van der Waals surface area (Å²) in [5, 5.41) is 20.5. The quantitative estimate of drug-likeness (QED) is 0.839. The van der Waals surface area contributed by atoms with Crippen LogP contribution in [0, 0.1) is 17.1 Å². The van der Waals surface area contributed by atoms with Gasteiger partial charge in [0.25, 0.3) is 0 Å². The molecular formula is C14H18FN3O2. The topological polar surface area (TPSA) is 76.4 Å². The van der Waals surface area contributed by atoms with Crippen LogP contribution in [-0.4, -0.2) is 35.7 Å². The third kappa shape index (κ3) is 4.52. The minimum atomic E-state index is -0.530. The molecule has 0 aliphatic heterocycles. The number of hydrogen-bond acceptors (Lipinski definition) is 3. The molecule has 0 spiro atoms. The lowest BCUT2D eigenvalue weighted by atomic mass is 10.2. The summed E-state index contributed by atoms with van der Waals surface area (Å²) in [6.07, 6.45) is 1.75. The number of benzene rings is 1. The van der Waals surface area contributed by atoms with Gasteiger partial charge in [0.05, 0.1) is 17.9 Å². The minimum absolute atomic E-state index is 0.0674. The summed E-state index contributed by atoms with van der Waals surface area (Å²) < 4.78 is 13.0. The molecule has 0 aromatic heterocycles. The first kappa shape index (κ1) is 15.9. The molecule has 0 aliphatic carbocycles. The summed E-state index contributed by atoms with van der Waals surface area (Å²) in [7, 11) is 0. The summed E-state index contributed by atoms with van der Waals surface area (Å²) in [6, 6.07) is 5.02. The van der Waals surface area contributed by atoms with Gasteiger partial charge in [0.1, 0.15) is 11.9 Å². The Morgan fingerprint density at radius 1 is 1.50 bits per heavy atom. The van der Waals surface area contributed by atoms with E-state index in [4.69, 9.17) is 10.4 Å². The Morgan fingerprint density at radius 2 is 2.25 bits per heavy atom. The number of amides is 2. The highest BCUT2D eigenvalue weighted by molar-refractivity contribution is 5.90. The predicted molar refractivity (Wildman–Crippen MR) is 73.7 cm³/mol. The van der Waals surface area contributed by atoms with Gasteiger partial charge in [-0.05, 0) is 24.6 Å². The van der Waals surface area contributed by atoms with E-state index in [1.165, 1.54) is 17.0 Å². The second-order valence-corrected chi connectivity index (χ2v) is 4.30. The molecule has 0 radical (unpaired) electrons. The van der Waals surface area contributed by atoms with Crippen molar-refractivity contribution in [2.75, 3.05) is 25.0 Å². The molecule has 6 heteroatoms. The molecule has 0 saturated carbocycles. The lowest BCUT2D eigenvalue weighted by Crippen LogP contribution is -2.37. The van der Waals surface area contributed by atoms with E-state index >= 15 is 0 Å². The Kier molecular flexibility index (Phi) is 6.47. The molecular weight excluding hydrogens is 261 g/mol. The number of anilines is 1. The molecule has 0 bridgehead atoms. The van der Waals surface area contributed by atoms with Gasteiger partial charge >= 0.3 is 6.03 Å². The molecule has 0 unspecified atom stereocenters. The Morgan fingerprint density at radius 3 is 2.85 bits per heavy atom. The molecule has 1 aromatic carbocycles. The Hall–Kier alpha value is -2.13. The van der Waals surface area contributed by atoms with Gasteiger partial charge in [-0.1, -0.05) is 13.3 Å². The number of aliphatic hydroxyl groups is 1. The van der Waals surface area contributed by atoms with Crippen molar-refractivity contribution < 1.29 is 14.3 Å². The molecule has 2 amide bonds. The van der Waals surface area contributed by atoms with E-state index in [0.29, 0.717) is 6.54 Å². The van der Waals surface area contributed by atoms with Crippen molar-refractivity contribution in [2.45, 2.75) is 19.8 Å². The zero-order chi connectivity index (χ0) is 15.0. The standard InChI is InChI=1S/C14H18FN3O2/c1-2-3-6-18(7-8-19)14(20)17-13-5-4-12(15)9-11(13)10-16/h4-5,9,19H,2-3,6-8H2,1H3,(H,17,20). The molecule has 0 aliphatic rings. The smallest absolute Gasteiger partial charge is 0.321 e. The van der Waals surface area contributed by atoms with Crippen molar-refractivity contribution in [3.05, 3.63) is 29.6 Å². The number of carbonyl (C=O) groups is 1. The molecule has 0 fully saturated rings. The number of aliphatic hydroxyl groups excluding tert-OH is 1. The van der Waals surface area contributed by atoms with E-state index in [9.17, 15) is 9.18 Å². The van der Waals surface area contributed by atoms with Crippen molar-refractivity contribution in [2.24, 2.45) is 0 Å². The fraction of sp³-hybridized carbons (Fsp3) is 0.429. The van der Waals surface area contributed by atoms with Crippen LogP contribution in [0.15, 0.2) is 18.2 Å². The van der Waals surface area contributed by atoms with Gasteiger partial charge in [-0.25, -0.2) is 9.18 Å². The Bertz CT molecular complexity index is 500. The van der Waals surface area contributed by atoms with Crippen LogP contribution in [0.25, 0.3) is 0 Å². The number of hydrogen-bond donors (Lipinski definition) is 2. The second kappa shape index (κ2) is 8.12. The van der Waals surface area contributed by atoms with Crippen molar-refractivity contribution in [3.63, 3.8) is 0 Å². The normalized spacial score (nSPS) is 9.90. The van der Waals surface area contributed by atoms with Crippen molar-refractivity contribution in [1.82, 2.24) is 4.90 Å². The summed E-state index contributed by atoms with van der Waals surface area (Å²) >= 11 is 0. The van der Waals surface area contributed by atoms with E-state index in [0.717, 1.165) is 18.9 Å². The Balaban J connectivity index is 2.79. The van der Waals surface area contributed by atoms with Crippen LogP contribution in [0.1, 0.15) is 25.3 Å². The maximum absolute atomic E-state index is 13.0. The van der Waals surface area contributed by atoms with Crippen LogP contribution in [0.3, 0.4) is 0 Å². The van der Waals surface area contributed by atoms with Crippen LogP contribution in [0.2, 0.25) is 0 Å². The number of nitriles is 1. The van der Waals surface area contributed by atoms with Crippen molar-refractivity contribution in [3.8, 4) is 6.07 Å². The number of nitrogens with zero attached hydrogens (tertiary/aromatic N) is 2. The first-order valence-corrected chi connectivity index (χ1v) is 6.48. The molecule has 0 atom stereocenters. The summed E-state index contributed by atoms with van der Waals surface area (Å²) in [5.74, 6) is -0.530. The number of unbranched alkanes of at least 4 members (excludes halogenated alkanes) is 1. The second-order valence-electron chi connectivity index (χ2n) is 4.30. The lowest BCUT2D eigenvalue weighted by molar-refractivity contribution is 0.187. The molecule has 0 heterocycles. The highest BCUT2D eigenvalue weighted by atomic mass is 19.1. The number of rotatable bonds is 6. The third-order valence-corrected chi connectivity index (χ3v) is 2.78. The average molecular weight is 279 g/mol. The first-order chi connectivity index (χ1) is 9.62. The van der Waals surface area contributed by atoms with Crippen LogP contribution < -0.4 is 5.32 Å². The maximum Gasteiger partial charge on any atom is 0.321 e. The Labute approximate surface area is 117 Å². The molecule has 5 nitrogen and oxygen atoms in total. The van der Waals surface area contributed by atoms with Gasteiger partial charge in [0.15, 0.2) is 0 Å². The number of urea groups is 1. The zero-order valence-electron chi connectivity index (χ0n) is 11.4. The van der Waals surface area contributed by atoms with Gasteiger partial charge in [0, 0.05) is 13.1 Å². The van der Waals surface area contributed by atoms with Gasteiger partial charge < -0.3 is 15.3 Å². The highest BCUT2D eigenvalue weighted by Crippen LogP contribution is 2.16. The largest absolute Gasteiger partial charge is 0.395 e. The third-order valence-electron chi connectivity index (χ3n) is 2.78. The molecule has 0 saturated heterocycles. The van der Waals surface area contributed by atoms with Crippen LogP contribution in [-0.2, 0) is 0 Å². The predicted octanol–water partition coefficient (Wildman–Crippen LogP) is 2.32. The van der Waals surface area contributed by atoms with Gasteiger partial charge in [0.2, 0.25) is 0 Å². The number of carbonyl (C=O) groups excluding carboxylic acids is 1. The van der Waals surface area contributed by atoms with E-state index in [2.05, 4.69) is 5.32 Å². The van der Waals surface area contributed by atoms with E-state index < -0.39 is 11.8 Å². The molecule has 2 N–H and O–H groups in total. The van der Waals surface area contributed by atoms with E-state index in [1.54, 1.807) is 0 Å². The molecule has 20 heavy (non-hydrogen) atoms. The lowest BCUT2D eigenvalue weighted by Gasteiger charge is -2.22. The SMILES string of the molecule is CCCCN(CCO)C(=O)Nc1ccc(F)cc1C#N. The zero-order valence-corrected chi connectivity index (χ0v) is 11.4. The van der Waals surface area contributed by atoms with Crippen molar-refractivity contribution in [1.29, 1.82) is 5.26 Å². The highest BCUT2D eigenvalue weighted by Gasteiger charge is 2.14. The molecule has 1 aromatic rings.